The maximum absolute atomic E-state index is 14.6. The van der Waals surface area contributed by atoms with Crippen LogP contribution in [0.2, 0.25) is 0 Å². The lowest BCUT2D eigenvalue weighted by Gasteiger charge is -2.46. The van der Waals surface area contributed by atoms with Crippen LogP contribution in [0.4, 0.5) is 0 Å². The zero-order valence-electron chi connectivity index (χ0n) is 24.7. The number of hydrogen-bond donors (Lipinski definition) is 0. The first-order valence-corrected chi connectivity index (χ1v) is 17.3. The number of nitriles is 1. The van der Waals surface area contributed by atoms with E-state index in [9.17, 15) is 18.5 Å². The molecule has 4 aliphatic carbocycles. The molecule has 7 heteroatoms. The van der Waals surface area contributed by atoms with Crippen LogP contribution in [0.5, 0.6) is 0 Å². The Balaban J connectivity index is 1.42. The summed E-state index contributed by atoms with van der Waals surface area (Å²) in [6.07, 6.45) is 12.7. The molecule has 0 amide bonds. The van der Waals surface area contributed by atoms with E-state index < -0.39 is 32.9 Å². The lowest BCUT2D eigenvalue weighted by atomic mass is 9.69. The lowest BCUT2D eigenvalue weighted by Crippen LogP contribution is -2.55. The highest BCUT2D eigenvalue weighted by Crippen LogP contribution is 2.67. The molecule has 2 bridgehead atoms. The summed E-state index contributed by atoms with van der Waals surface area (Å²) in [6.45, 7) is 6.03. The average molecular weight is 569 g/mol. The highest BCUT2D eigenvalue weighted by Gasteiger charge is 2.67. The van der Waals surface area contributed by atoms with E-state index in [1.807, 2.05) is 34.6 Å². The Labute approximate surface area is 241 Å². The third kappa shape index (κ3) is 5.36. The zero-order chi connectivity index (χ0) is 28.6. The number of ether oxygens (including phenoxy) is 1. The molecule has 4 aliphatic rings. The van der Waals surface area contributed by atoms with Crippen molar-refractivity contribution in [3.63, 3.8) is 0 Å². The second-order valence-electron chi connectivity index (χ2n) is 14.0. The van der Waals surface area contributed by atoms with Gasteiger partial charge in [0, 0.05) is 23.9 Å². The molecule has 6 nitrogen and oxygen atoms in total. The molecule has 4 saturated carbocycles. The summed E-state index contributed by atoms with van der Waals surface area (Å²) in [5.41, 5.74) is -1.33. The summed E-state index contributed by atoms with van der Waals surface area (Å²) in [5, 5.41) is 10.1. The maximum atomic E-state index is 14.6. The van der Waals surface area contributed by atoms with Crippen molar-refractivity contribution in [2.45, 2.75) is 129 Å². The Morgan fingerprint density at radius 1 is 1.00 bits per heavy atom. The molecule has 0 radical (unpaired) electrons. The Hall–Kier alpha value is -1.91. The molecule has 40 heavy (non-hydrogen) atoms. The first-order valence-electron chi connectivity index (χ1n) is 15.7. The minimum atomic E-state index is -3.60. The molecular weight excluding hydrogens is 520 g/mol. The van der Waals surface area contributed by atoms with Crippen molar-refractivity contribution in [1.82, 2.24) is 4.31 Å². The van der Waals surface area contributed by atoms with Crippen LogP contribution in [-0.4, -0.2) is 42.6 Å². The molecule has 0 heterocycles. The van der Waals surface area contributed by atoms with Gasteiger partial charge in [0.1, 0.15) is 6.10 Å². The van der Waals surface area contributed by atoms with Crippen LogP contribution in [0.1, 0.15) is 110 Å². The van der Waals surface area contributed by atoms with Crippen LogP contribution in [0.15, 0.2) is 30.3 Å². The van der Waals surface area contributed by atoms with Gasteiger partial charge in [-0.15, -0.1) is 0 Å². The van der Waals surface area contributed by atoms with E-state index in [-0.39, 0.29) is 29.7 Å². The number of esters is 1. The number of rotatable bonds is 9. The number of hydrogen-bond acceptors (Lipinski definition) is 5. The van der Waals surface area contributed by atoms with Crippen molar-refractivity contribution < 1.29 is 17.9 Å². The van der Waals surface area contributed by atoms with Crippen LogP contribution in [0, 0.1) is 33.5 Å². The van der Waals surface area contributed by atoms with Crippen molar-refractivity contribution in [1.29, 1.82) is 5.26 Å². The van der Waals surface area contributed by atoms with Gasteiger partial charge in [-0.2, -0.15) is 9.57 Å². The Morgan fingerprint density at radius 2 is 1.57 bits per heavy atom. The predicted molar refractivity (Wildman–Crippen MR) is 157 cm³/mol. The molecule has 4 fully saturated rings. The molecule has 0 aliphatic heterocycles. The lowest BCUT2D eigenvalue weighted by molar-refractivity contribution is -0.165. The van der Waals surface area contributed by atoms with E-state index in [0.29, 0.717) is 12.3 Å². The van der Waals surface area contributed by atoms with Crippen molar-refractivity contribution in [2.24, 2.45) is 22.2 Å². The third-order valence-electron chi connectivity index (χ3n) is 11.3. The molecule has 0 aromatic heterocycles. The van der Waals surface area contributed by atoms with E-state index in [1.165, 1.54) is 12.8 Å². The minimum Gasteiger partial charge on any atom is -0.461 e. The maximum Gasteiger partial charge on any atom is 0.326 e. The first-order chi connectivity index (χ1) is 19.0. The molecule has 1 unspecified atom stereocenters. The number of sulfonamides is 1. The fourth-order valence-electron chi connectivity index (χ4n) is 8.75. The molecule has 4 atom stereocenters. The van der Waals surface area contributed by atoms with E-state index >= 15 is 0 Å². The first kappa shape index (κ1) is 29.6. The largest absolute Gasteiger partial charge is 0.461 e. The van der Waals surface area contributed by atoms with Crippen molar-refractivity contribution in [3.05, 3.63) is 35.9 Å². The smallest absolute Gasteiger partial charge is 0.326 e. The quantitative estimate of drug-likeness (QED) is 0.306. The molecule has 0 spiro atoms. The van der Waals surface area contributed by atoms with Crippen LogP contribution in [-0.2, 0) is 26.0 Å². The number of carbonyl (C=O) groups is 1. The van der Waals surface area contributed by atoms with Crippen molar-refractivity contribution >= 4 is 16.0 Å². The van der Waals surface area contributed by atoms with Gasteiger partial charge in [-0.05, 0) is 68.8 Å². The van der Waals surface area contributed by atoms with Gasteiger partial charge in [0.05, 0.1) is 11.8 Å². The van der Waals surface area contributed by atoms with Crippen LogP contribution >= 0.6 is 0 Å². The molecule has 220 valence electrons. The number of carbonyl (C=O) groups excluding carboxylic acids is 1. The molecule has 5 rings (SSSR count). The summed E-state index contributed by atoms with van der Waals surface area (Å²) in [4.78, 5) is 13.7. The van der Waals surface area contributed by atoms with Gasteiger partial charge < -0.3 is 4.74 Å². The number of nitrogens with zero attached hydrogens (tertiary/aromatic N) is 2. The van der Waals surface area contributed by atoms with Gasteiger partial charge in [-0.3, -0.25) is 4.79 Å². The summed E-state index contributed by atoms with van der Waals surface area (Å²) < 4.78 is 37.5. The zero-order valence-corrected chi connectivity index (χ0v) is 25.6. The predicted octanol–water partition coefficient (Wildman–Crippen LogP) is 6.79. The fourth-order valence-corrected chi connectivity index (χ4v) is 11.6. The van der Waals surface area contributed by atoms with Gasteiger partial charge in [0.15, 0.2) is 5.41 Å². The SMILES string of the molecule is CC(C#N)(Cc1ccccc1)C(=O)O[C@@H]1C[C@H]2CC[C@]1(CS(=O)(=O)N(C1CCCCC1)C1CCCCC1)C2(C)C. The third-order valence-corrected chi connectivity index (χ3v) is 13.5. The van der Waals surface area contributed by atoms with Gasteiger partial charge in [0.25, 0.3) is 0 Å². The van der Waals surface area contributed by atoms with Gasteiger partial charge in [0.2, 0.25) is 10.0 Å². The van der Waals surface area contributed by atoms with E-state index in [2.05, 4.69) is 19.9 Å². The standard InChI is InChI=1S/C33H48N2O4S/c1-31(2)26-19-20-33(31,29(21-26)39-30(36)32(3,23-34)22-25-13-7-4-8-14-25)24-40(37,38)35(27-15-9-5-10-16-27)28-17-11-6-12-18-28/h4,7-8,13-14,26-29H,5-6,9-12,15-22,24H2,1-3H3/t26-,29-,32?,33-/m1/s1. The second-order valence-corrected chi connectivity index (χ2v) is 15.9. The monoisotopic (exact) mass is 568 g/mol. The van der Waals surface area contributed by atoms with Crippen LogP contribution in [0.3, 0.4) is 0 Å². The second kappa shape index (κ2) is 11.4. The Morgan fingerprint density at radius 3 is 2.10 bits per heavy atom. The van der Waals surface area contributed by atoms with Gasteiger partial charge in [-0.1, -0.05) is 82.7 Å². The molecular formula is C33H48N2O4S. The number of benzene rings is 1. The van der Waals surface area contributed by atoms with Crippen molar-refractivity contribution in [2.75, 3.05) is 5.75 Å². The highest BCUT2D eigenvalue weighted by atomic mass is 32.2. The van der Waals surface area contributed by atoms with Gasteiger partial charge >= 0.3 is 5.97 Å². The fraction of sp³-hybridized carbons (Fsp3) is 0.758. The molecule has 0 saturated heterocycles. The molecule has 1 aromatic carbocycles. The Kier molecular flexibility index (Phi) is 8.43. The molecule has 0 N–H and O–H groups in total. The van der Waals surface area contributed by atoms with E-state index in [1.54, 1.807) is 6.92 Å². The van der Waals surface area contributed by atoms with Crippen molar-refractivity contribution in [3.8, 4) is 6.07 Å². The van der Waals surface area contributed by atoms with Crippen LogP contribution in [0.25, 0.3) is 0 Å². The average Bonchev–Trinajstić information content (AvgIpc) is 3.29. The minimum absolute atomic E-state index is 0.0381. The number of fused-ring (bicyclic) bond motifs is 2. The normalized spacial score (nSPS) is 30.6. The van der Waals surface area contributed by atoms with E-state index in [4.69, 9.17) is 4.74 Å². The van der Waals surface area contributed by atoms with Gasteiger partial charge in [-0.25, -0.2) is 8.42 Å². The summed E-state index contributed by atoms with van der Waals surface area (Å²) >= 11 is 0. The summed E-state index contributed by atoms with van der Waals surface area (Å²) in [6, 6.07) is 12.0. The summed E-state index contributed by atoms with van der Waals surface area (Å²) in [5.74, 6) is -0.183. The summed E-state index contributed by atoms with van der Waals surface area (Å²) in [7, 11) is -3.60. The highest BCUT2D eigenvalue weighted by molar-refractivity contribution is 7.89. The topological polar surface area (TPSA) is 87.5 Å². The Bertz CT molecular complexity index is 1180. The van der Waals surface area contributed by atoms with Crippen LogP contribution < -0.4 is 0 Å². The molecule has 1 aromatic rings. The van der Waals surface area contributed by atoms with E-state index in [0.717, 1.165) is 69.8 Å².